The molecule has 0 radical (unpaired) electrons. The molecule has 9 fully saturated rings. The van der Waals surface area contributed by atoms with Gasteiger partial charge in [-0.15, -0.1) is 0 Å². The predicted molar refractivity (Wildman–Crippen MR) is 345 cm³/mol. The average Bonchev–Trinajstić information content (AvgIpc) is 0.660. The molecule has 11 rings (SSSR count). The Labute approximate surface area is 594 Å². The number of ether oxygens (including phenoxy) is 12. The summed E-state index contributed by atoms with van der Waals surface area (Å²) in [6, 6.07) is 9.02. The van der Waals surface area contributed by atoms with Gasteiger partial charge in [0.1, 0.15) is 122 Å². The molecule has 0 spiro atoms. The molecule has 0 unspecified atom stereocenters. The van der Waals surface area contributed by atoms with Crippen LogP contribution in [0.15, 0.2) is 48.1 Å². The van der Waals surface area contributed by atoms with E-state index in [-0.39, 0.29) is 18.8 Å². The molecule has 10 aliphatic rings. The van der Waals surface area contributed by atoms with Gasteiger partial charge in [-0.2, -0.15) is 0 Å². The minimum atomic E-state index is -2.19. The maximum Gasteiger partial charge on any atom is 0.331 e. The molecule has 33 heteroatoms. The summed E-state index contributed by atoms with van der Waals surface area (Å²) < 4.78 is 73.2. The monoisotopic (exact) mass is 1470 g/mol. The van der Waals surface area contributed by atoms with Gasteiger partial charge in [0.05, 0.1) is 70.0 Å². The Morgan fingerprint density at radius 3 is 1.62 bits per heavy atom. The van der Waals surface area contributed by atoms with Crippen LogP contribution in [-0.2, 0) is 66.4 Å². The number of esters is 2. The lowest BCUT2D eigenvalue weighted by molar-refractivity contribution is -0.400. The molecule has 5 heterocycles. The smallest absolute Gasteiger partial charge is 0.331 e. The summed E-state index contributed by atoms with van der Waals surface area (Å²) in [4.78, 5) is 27.0. The van der Waals surface area contributed by atoms with Gasteiger partial charge in [-0.25, -0.2) is 4.79 Å². The van der Waals surface area contributed by atoms with E-state index in [1.54, 1.807) is 37.3 Å². The second-order valence-corrected chi connectivity index (χ2v) is 31.5. The summed E-state index contributed by atoms with van der Waals surface area (Å²) in [6.07, 6.45) is -46.0. The zero-order valence-corrected chi connectivity index (χ0v) is 58.5. The quantitative estimate of drug-likeness (QED) is 0.0251. The third-order valence-electron chi connectivity index (χ3n) is 25.5. The van der Waals surface area contributed by atoms with Gasteiger partial charge in [-0.1, -0.05) is 83.5 Å². The van der Waals surface area contributed by atoms with E-state index in [4.69, 9.17) is 56.8 Å². The van der Waals surface area contributed by atoms with Crippen molar-refractivity contribution in [3.8, 4) is 0 Å². The van der Waals surface area contributed by atoms with E-state index >= 15 is 0 Å². The summed E-state index contributed by atoms with van der Waals surface area (Å²) in [7, 11) is 0. The van der Waals surface area contributed by atoms with Crippen molar-refractivity contribution in [2.75, 3.05) is 46.2 Å². The summed E-state index contributed by atoms with van der Waals surface area (Å²) >= 11 is 0. The molecule has 5 saturated heterocycles. The van der Waals surface area contributed by atoms with Crippen molar-refractivity contribution in [3.05, 3.63) is 53.6 Å². The largest absolute Gasteiger partial charge is 0.458 e. The van der Waals surface area contributed by atoms with Gasteiger partial charge >= 0.3 is 11.9 Å². The first kappa shape index (κ1) is 80.5. The number of hydrogen-bond acceptors (Lipinski definition) is 33. The molecule has 33 nitrogen and oxygen atoms in total. The highest BCUT2D eigenvalue weighted by molar-refractivity contribution is 5.87. The number of benzene rings is 1. The van der Waals surface area contributed by atoms with Crippen molar-refractivity contribution in [2.45, 2.75) is 265 Å². The number of carbonyl (C=O) groups excluding carboxylic acids is 2. The summed E-state index contributed by atoms with van der Waals surface area (Å²) in [6.45, 7) is 7.26. The average molecular weight is 1480 g/mol. The van der Waals surface area contributed by atoms with Crippen LogP contribution in [0, 0.1) is 50.2 Å². The highest BCUT2D eigenvalue weighted by atomic mass is 16.8. The predicted octanol–water partition coefficient (Wildman–Crippen LogP) is -5.41. The van der Waals surface area contributed by atoms with Crippen molar-refractivity contribution < 1.29 is 163 Å². The van der Waals surface area contributed by atoms with Crippen LogP contribution in [0.5, 0.6) is 0 Å². The molecular formula is C70H106O33. The highest BCUT2D eigenvalue weighted by Gasteiger charge is 2.77. The van der Waals surface area contributed by atoms with Crippen molar-refractivity contribution >= 4 is 18.0 Å². The Morgan fingerprint density at radius 1 is 0.544 bits per heavy atom. The fraction of sp³-hybridized carbons (Fsp3) is 0.829. The van der Waals surface area contributed by atoms with Crippen molar-refractivity contribution in [1.29, 1.82) is 0 Å². The van der Waals surface area contributed by atoms with Gasteiger partial charge in [-0.05, 0) is 78.7 Å². The lowest BCUT2D eigenvalue weighted by Gasteiger charge is -2.73. The first-order chi connectivity index (χ1) is 48.6. The molecule has 5 aliphatic carbocycles. The summed E-state index contributed by atoms with van der Waals surface area (Å²) in [5.41, 5.74) is -5.48. The molecule has 0 amide bonds. The molecule has 37 atom stereocenters. The van der Waals surface area contributed by atoms with Crippen LogP contribution in [0.4, 0.5) is 0 Å². The van der Waals surface area contributed by atoms with Crippen molar-refractivity contribution in [3.63, 3.8) is 0 Å². The van der Waals surface area contributed by atoms with Crippen LogP contribution in [0.3, 0.4) is 0 Å². The van der Waals surface area contributed by atoms with Crippen LogP contribution < -0.4 is 0 Å². The van der Waals surface area contributed by atoms with Crippen molar-refractivity contribution in [2.24, 2.45) is 50.2 Å². The van der Waals surface area contributed by atoms with Gasteiger partial charge in [0.25, 0.3) is 0 Å². The topological polar surface area (TPSA) is 529 Å². The van der Waals surface area contributed by atoms with E-state index in [9.17, 15) is 107 Å². The number of carbonyl (C=O) groups is 2. The van der Waals surface area contributed by atoms with Crippen LogP contribution >= 0.6 is 0 Å². The number of aliphatic hydroxyl groups excluding tert-OH is 19. The fourth-order valence-electron chi connectivity index (χ4n) is 19.5. The van der Waals surface area contributed by atoms with Gasteiger partial charge in [0.2, 0.25) is 0 Å². The van der Waals surface area contributed by atoms with E-state index < -0.39 is 280 Å². The van der Waals surface area contributed by atoms with Gasteiger partial charge in [-0.3, -0.25) is 4.79 Å². The van der Waals surface area contributed by atoms with E-state index in [2.05, 4.69) is 19.9 Å². The van der Waals surface area contributed by atoms with Crippen LogP contribution in [-0.4, -0.2) is 333 Å². The minimum Gasteiger partial charge on any atom is -0.458 e. The second kappa shape index (κ2) is 31.1. The molecule has 0 bridgehead atoms. The molecule has 5 aliphatic heterocycles. The number of aliphatic hydroxyl groups is 19. The third-order valence-corrected chi connectivity index (χ3v) is 25.5. The SMILES string of the molecule is CC(=O)O[C@H]1[C@H](OC(=O)/C=C/c2ccccc2)C(C)(C)C[C@H]2C3=CC[C@@H]4[C@@]5(C)CC[C@H](O[C@@H]6O[C@H](CO[C@@H]7OC[C@H](O)[C@H](O[C@@H]8O[C@H](CO)[C@@H](O)[C@H](O)[C@H]8O)[C@H]7O)[C@@H](O[C@@H]7O[C@H](CO)[C@@H](O)[C@H](O)[C@H]7O)[C@H](O)[C@H]6O[C@@H]6O[C@H](CO)[C@@H](O)[C@H](O)[C@H]6O)[C@@](C)(CO)[C@@H]5CC[C@@]4(C)[C@]3(C)[C@@H](O)[C@@H](O)[C@]21CO. The molecule has 4 saturated carbocycles. The van der Waals surface area contributed by atoms with E-state index in [1.807, 2.05) is 26.8 Å². The first-order valence-corrected chi connectivity index (χ1v) is 35.4. The van der Waals surface area contributed by atoms with Crippen molar-refractivity contribution in [1.82, 2.24) is 0 Å². The molecule has 1 aromatic rings. The van der Waals surface area contributed by atoms with Crippen LogP contribution in [0.25, 0.3) is 6.08 Å². The Hall–Kier alpha value is -3.52. The molecule has 103 heavy (non-hydrogen) atoms. The zero-order chi connectivity index (χ0) is 75.1. The fourth-order valence-corrected chi connectivity index (χ4v) is 19.5. The molecular weight excluding hydrogens is 1370 g/mol. The second-order valence-electron chi connectivity index (χ2n) is 31.5. The maximum absolute atomic E-state index is 13.8. The minimum absolute atomic E-state index is 0.110. The summed E-state index contributed by atoms with van der Waals surface area (Å²) in [5, 5.41) is 214. The number of hydrogen-bond donors (Lipinski definition) is 19. The molecule has 584 valence electrons. The Balaban J connectivity index is 0.910. The lowest BCUT2D eigenvalue weighted by atomic mass is 9.32. The number of allylic oxidation sites excluding steroid dienone is 1. The Bertz CT molecular complexity index is 3110. The molecule has 0 aromatic heterocycles. The maximum atomic E-state index is 13.8. The van der Waals surface area contributed by atoms with Gasteiger partial charge in [0.15, 0.2) is 37.6 Å². The number of rotatable bonds is 20. The Morgan fingerprint density at radius 2 is 1.09 bits per heavy atom. The molecule has 1 aromatic carbocycles. The van der Waals surface area contributed by atoms with Gasteiger partial charge < -0.3 is 154 Å². The van der Waals surface area contributed by atoms with Crippen LogP contribution in [0.2, 0.25) is 0 Å². The zero-order valence-electron chi connectivity index (χ0n) is 58.5. The van der Waals surface area contributed by atoms with E-state index in [1.165, 1.54) is 13.0 Å². The first-order valence-electron chi connectivity index (χ1n) is 35.4. The van der Waals surface area contributed by atoms with E-state index in [0.717, 1.165) is 5.57 Å². The summed E-state index contributed by atoms with van der Waals surface area (Å²) in [5.74, 6) is -3.09. The third kappa shape index (κ3) is 13.9. The highest BCUT2D eigenvalue weighted by Crippen LogP contribution is 2.76. The standard InChI is InChI=1S/C70H106O33/c1-29(76)94-59-58(100-41(78)16-13-30-11-9-8-10-12-30)65(2,3)21-32-31-14-15-39-66(4)19-18-40(67(5,27-74)38(66)17-20-68(39,6)69(31,7)56(90)57(91)70(32,59)28-75)99-64-55(103-63-50(87)47(84)44(81)36(24-73)97-63)51(88)54(102-62-49(86)46(83)43(80)35(23-72)96-62)37(98-64)26-93-60-52(89)53(33(77)25-92-60)101-61-48(85)45(82)42(79)34(22-71)95-61/h8-14,16,32-40,42-64,71-75,77,79-91H,15,17-28H2,1-7H3/b16-13+/t32-,33-,34+,35+,36+,37+,38+,39+,40-,42+,43+,44+,45-,46-,47-,48+,49+,50+,51-,52+,53-,54+,55+,56-,57+,58-,59-,60-,61-,62-,63-,64-,66-,67-,68+,69-,70-/m0/s1. The van der Waals surface area contributed by atoms with E-state index in [0.29, 0.717) is 31.2 Å². The van der Waals surface area contributed by atoms with Crippen LogP contribution in [0.1, 0.15) is 92.6 Å². The normalized spacial score (nSPS) is 50.6. The molecule has 19 N–H and O–H groups in total. The lowest BCUT2D eigenvalue weighted by Crippen LogP contribution is -2.76. The number of fused-ring (bicyclic) bond motifs is 7. The van der Waals surface area contributed by atoms with Gasteiger partial charge in [0, 0.05) is 29.2 Å². The Kier molecular flexibility index (Phi) is 24.3.